The maximum absolute atomic E-state index is 5.19. The molecular weight excluding hydrogens is 206 g/mol. The van der Waals surface area contributed by atoms with E-state index in [0.29, 0.717) is 22.5 Å². The van der Waals surface area contributed by atoms with Crippen molar-refractivity contribution in [1.29, 1.82) is 0 Å². The van der Waals surface area contributed by atoms with Gasteiger partial charge in [-0.15, -0.1) is 0 Å². The number of aromatic nitrogens is 3. The molecule has 0 spiro atoms. The molecule has 0 aliphatic carbocycles. The summed E-state index contributed by atoms with van der Waals surface area (Å²) in [5.74, 6) is 0.921. The minimum absolute atomic E-state index is 0.411. The third-order valence-corrected chi connectivity index (χ3v) is 2.09. The summed E-state index contributed by atoms with van der Waals surface area (Å²) in [5.41, 5.74) is 0. The summed E-state index contributed by atoms with van der Waals surface area (Å²) >= 11 is 6.46. The van der Waals surface area contributed by atoms with E-state index in [1.165, 1.54) is 0 Å². The molecule has 1 rings (SSSR count). The Morgan fingerprint density at radius 3 is 2.85 bits per heavy atom. The highest BCUT2D eigenvalue weighted by atomic mass is 32.2. The molecule has 1 aromatic heterocycles. The lowest BCUT2D eigenvalue weighted by Crippen LogP contribution is -2.00. The van der Waals surface area contributed by atoms with E-state index < -0.39 is 0 Å². The number of thioether (sulfide) groups is 1. The Morgan fingerprint density at radius 2 is 2.23 bits per heavy atom. The van der Waals surface area contributed by atoms with Crippen molar-refractivity contribution in [3.05, 3.63) is 4.77 Å². The van der Waals surface area contributed by atoms with E-state index in [-0.39, 0.29) is 0 Å². The van der Waals surface area contributed by atoms with Crippen LogP contribution < -0.4 is 4.74 Å². The van der Waals surface area contributed by atoms with E-state index >= 15 is 0 Å². The Kier molecular flexibility index (Phi) is 4.17. The van der Waals surface area contributed by atoms with Gasteiger partial charge in [0.2, 0.25) is 4.77 Å². The van der Waals surface area contributed by atoms with Gasteiger partial charge in [0.1, 0.15) is 0 Å². The number of aromatic amines is 1. The molecule has 0 aliphatic heterocycles. The van der Waals surface area contributed by atoms with Crippen LogP contribution in [0.2, 0.25) is 0 Å². The molecule has 13 heavy (non-hydrogen) atoms. The summed E-state index contributed by atoms with van der Waals surface area (Å²) in [6.45, 7) is 4.50. The maximum atomic E-state index is 5.19. The predicted octanol–water partition coefficient (Wildman–Crippen LogP) is 2.04. The minimum Gasteiger partial charge on any atom is -0.465 e. The second-order valence-electron chi connectivity index (χ2n) is 2.11. The van der Waals surface area contributed by atoms with Gasteiger partial charge in [-0.3, -0.25) is 4.98 Å². The number of rotatable bonds is 4. The van der Waals surface area contributed by atoms with E-state index in [4.69, 9.17) is 17.0 Å². The van der Waals surface area contributed by atoms with Gasteiger partial charge in [-0.1, -0.05) is 18.7 Å². The van der Waals surface area contributed by atoms with E-state index in [1.807, 2.05) is 13.8 Å². The van der Waals surface area contributed by atoms with Crippen molar-refractivity contribution in [2.45, 2.75) is 19.0 Å². The minimum atomic E-state index is 0.411. The second kappa shape index (κ2) is 5.18. The first kappa shape index (κ1) is 10.5. The molecule has 0 saturated carbocycles. The number of ether oxygens (including phenoxy) is 1. The summed E-state index contributed by atoms with van der Waals surface area (Å²) in [7, 11) is 0. The third-order valence-electron chi connectivity index (χ3n) is 1.16. The molecule has 1 heterocycles. The Hall–Kier alpha value is -0.620. The molecule has 0 amide bonds. The normalized spacial score (nSPS) is 10.0. The van der Waals surface area contributed by atoms with Gasteiger partial charge in [0.25, 0.3) is 6.01 Å². The first-order chi connectivity index (χ1) is 6.26. The lowest BCUT2D eigenvalue weighted by Gasteiger charge is -2.02. The van der Waals surface area contributed by atoms with Gasteiger partial charge in [0, 0.05) is 0 Å². The van der Waals surface area contributed by atoms with Crippen LogP contribution in [0.3, 0.4) is 0 Å². The quantitative estimate of drug-likeness (QED) is 0.618. The van der Waals surface area contributed by atoms with E-state index in [0.717, 1.165) is 5.75 Å². The van der Waals surface area contributed by atoms with Crippen molar-refractivity contribution in [2.75, 3.05) is 12.4 Å². The molecule has 0 fully saturated rings. The van der Waals surface area contributed by atoms with Crippen molar-refractivity contribution < 1.29 is 4.74 Å². The summed E-state index contributed by atoms with van der Waals surface area (Å²) in [6.07, 6.45) is 0. The topological polar surface area (TPSA) is 50.8 Å². The molecule has 1 aromatic rings. The fourth-order valence-corrected chi connectivity index (χ4v) is 1.54. The van der Waals surface area contributed by atoms with Gasteiger partial charge in [-0.2, -0.15) is 9.97 Å². The summed E-state index contributed by atoms with van der Waals surface area (Å²) in [4.78, 5) is 10.9. The predicted molar refractivity (Wildman–Crippen MR) is 54.8 cm³/mol. The molecule has 0 bridgehead atoms. The molecule has 0 atom stereocenters. The lowest BCUT2D eigenvalue weighted by molar-refractivity contribution is 0.307. The highest BCUT2D eigenvalue weighted by Crippen LogP contribution is 2.13. The average Bonchev–Trinajstić information content (AvgIpc) is 2.04. The van der Waals surface area contributed by atoms with Gasteiger partial charge in [0.05, 0.1) is 6.61 Å². The first-order valence-electron chi connectivity index (χ1n) is 4.00. The van der Waals surface area contributed by atoms with Crippen molar-refractivity contribution in [2.24, 2.45) is 0 Å². The smallest absolute Gasteiger partial charge is 0.298 e. The number of hydrogen-bond donors (Lipinski definition) is 1. The number of H-pyrrole nitrogens is 1. The van der Waals surface area contributed by atoms with Crippen LogP contribution in [0.25, 0.3) is 0 Å². The van der Waals surface area contributed by atoms with Gasteiger partial charge in [-0.05, 0) is 24.9 Å². The molecule has 72 valence electrons. The Balaban J connectivity index is 2.90. The molecule has 0 unspecified atom stereocenters. The molecule has 0 saturated heterocycles. The van der Waals surface area contributed by atoms with Crippen molar-refractivity contribution in [3.63, 3.8) is 0 Å². The van der Waals surface area contributed by atoms with Crippen molar-refractivity contribution in [3.8, 4) is 6.01 Å². The zero-order valence-corrected chi connectivity index (χ0v) is 9.17. The fraction of sp³-hybridized carbons (Fsp3) is 0.571. The van der Waals surface area contributed by atoms with E-state index in [1.54, 1.807) is 11.8 Å². The van der Waals surface area contributed by atoms with Gasteiger partial charge in [-0.25, -0.2) is 0 Å². The van der Waals surface area contributed by atoms with Crippen LogP contribution in [0.15, 0.2) is 5.16 Å². The van der Waals surface area contributed by atoms with Crippen LogP contribution in [-0.2, 0) is 0 Å². The lowest BCUT2D eigenvalue weighted by atomic mass is 10.9. The standard InChI is InChI=1S/C7H11N3OS2/c1-3-11-5-8-6(12)10-7(9-5)13-4-2/h3-4H2,1-2H3,(H,8,9,10,12). The molecule has 0 aliphatic rings. The molecule has 4 nitrogen and oxygen atoms in total. The number of hydrogen-bond acceptors (Lipinski definition) is 5. The largest absolute Gasteiger partial charge is 0.465 e. The van der Waals surface area contributed by atoms with E-state index in [2.05, 4.69) is 15.0 Å². The zero-order chi connectivity index (χ0) is 9.68. The van der Waals surface area contributed by atoms with Gasteiger partial charge >= 0.3 is 0 Å². The zero-order valence-electron chi connectivity index (χ0n) is 7.53. The average molecular weight is 217 g/mol. The van der Waals surface area contributed by atoms with Gasteiger partial charge in [0.15, 0.2) is 5.16 Å². The van der Waals surface area contributed by atoms with Crippen molar-refractivity contribution in [1.82, 2.24) is 15.0 Å². The van der Waals surface area contributed by atoms with Crippen LogP contribution in [-0.4, -0.2) is 27.3 Å². The summed E-state index contributed by atoms with van der Waals surface area (Å²) in [5, 5.41) is 0.662. The molecule has 1 N–H and O–H groups in total. The maximum Gasteiger partial charge on any atom is 0.298 e. The van der Waals surface area contributed by atoms with Gasteiger partial charge < -0.3 is 4.74 Å². The van der Waals surface area contributed by atoms with Crippen LogP contribution >= 0.6 is 24.0 Å². The molecule has 0 aromatic carbocycles. The second-order valence-corrected chi connectivity index (χ2v) is 3.73. The highest BCUT2D eigenvalue weighted by Gasteiger charge is 2.00. The van der Waals surface area contributed by atoms with Crippen molar-refractivity contribution >= 4 is 24.0 Å². The van der Waals surface area contributed by atoms with Crippen LogP contribution in [0.1, 0.15) is 13.8 Å². The summed E-state index contributed by atoms with van der Waals surface area (Å²) in [6, 6.07) is 0.443. The Labute approximate surface area is 86.1 Å². The molecule has 0 radical (unpaired) electrons. The van der Waals surface area contributed by atoms with Crippen LogP contribution in [0, 0.1) is 4.77 Å². The molecule has 6 heteroatoms. The van der Waals surface area contributed by atoms with E-state index in [9.17, 15) is 0 Å². The summed E-state index contributed by atoms with van der Waals surface area (Å²) < 4.78 is 5.60. The first-order valence-corrected chi connectivity index (χ1v) is 5.39. The van der Waals surface area contributed by atoms with Crippen LogP contribution in [0.4, 0.5) is 0 Å². The SMILES string of the molecule is CCOc1nc(SCC)nc(=S)[nH]1. The number of nitrogens with one attached hydrogen (secondary N) is 1. The van der Waals surface area contributed by atoms with Crippen LogP contribution in [0.5, 0.6) is 6.01 Å². The monoisotopic (exact) mass is 217 g/mol. The molecular formula is C7H11N3OS2. The number of nitrogens with zero attached hydrogens (tertiary/aromatic N) is 2. The third kappa shape index (κ3) is 3.31. The Bertz CT molecular complexity index is 299. The highest BCUT2D eigenvalue weighted by molar-refractivity contribution is 7.99. The fourth-order valence-electron chi connectivity index (χ4n) is 0.745. The Morgan fingerprint density at radius 1 is 1.46 bits per heavy atom.